The first-order valence-corrected chi connectivity index (χ1v) is 23.8. The van der Waals surface area contributed by atoms with E-state index in [1.807, 2.05) is 97.1 Å². The van der Waals surface area contributed by atoms with Crippen LogP contribution in [0.15, 0.2) is 231 Å². The Balaban J connectivity index is 1.21. The SMILES string of the molecule is [C-]#[N+]c1ccc2c3ccc(C#N)cc3n(-c3cc(-c4cccc([Si](c5ccccc5)(c5ccccc5)c5ccccc5)c4)ccc3-c3nc(-c4ccccc4)nc(-c4ccccc4)n3)c2c1. The minimum Gasteiger partial charge on any atom is -0.310 e. The molecule has 0 fully saturated rings. The summed E-state index contributed by atoms with van der Waals surface area (Å²) in [4.78, 5) is 19.3. The van der Waals surface area contributed by atoms with Gasteiger partial charge in [0.05, 0.1) is 29.4 Å². The zero-order valence-electron chi connectivity index (χ0n) is 35.6. The van der Waals surface area contributed by atoms with Gasteiger partial charge in [-0.05, 0) is 62.2 Å². The molecule has 0 radical (unpaired) electrons. The fraction of sp³-hybridized carbons (Fsp3) is 0. The van der Waals surface area contributed by atoms with Crippen LogP contribution in [0.5, 0.6) is 0 Å². The van der Waals surface area contributed by atoms with Crippen LogP contribution in [0.1, 0.15) is 5.56 Å². The fourth-order valence-electron chi connectivity index (χ4n) is 9.42. The lowest BCUT2D eigenvalue weighted by molar-refractivity contribution is 1.06. The summed E-state index contributed by atoms with van der Waals surface area (Å²) < 4.78 is 2.17. The molecule has 0 aliphatic carbocycles. The summed E-state index contributed by atoms with van der Waals surface area (Å²) in [6, 6.07) is 82.2. The van der Waals surface area contributed by atoms with Crippen molar-refractivity contribution in [1.29, 1.82) is 5.26 Å². The van der Waals surface area contributed by atoms with Gasteiger partial charge >= 0.3 is 0 Å². The third-order valence-corrected chi connectivity index (χ3v) is 17.2. The lowest BCUT2D eigenvalue weighted by Gasteiger charge is -2.34. The van der Waals surface area contributed by atoms with Crippen molar-refractivity contribution < 1.29 is 0 Å². The molecular weight excluding hydrogens is 821 g/mol. The Bertz CT molecular complexity index is 3430. The number of aromatic nitrogens is 4. The molecule has 11 rings (SSSR count). The Morgan fingerprint density at radius 2 is 0.894 bits per heavy atom. The van der Waals surface area contributed by atoms with Crippen molar-refractivity contribution >= 4 is 56.3 Å². The van der Waals surface area contributed by atoms with E-state index in [0.29, 0.717) is 28.7 Å². The molecule has 0 spiro atoms. The molecule has 7 heteroatoms. The van der Waals surface area contributed by atoms with Crippen molar-refractivity contribution in [3.05, 3.63) is 248 Å². The van der Waals surface area contributed by atoms with Crippen molar-refractivity contribution in [2.75, 3.05) is 0 Å². The number of nitriles is 1. The van der Waals surface area contributed by atoms with Gasteiger partial charge < -0.3 is 4.57 Å². The van der Waals surface area contributed by atoms with Crippen LogP contribution < -0.4 is 20.7 Å². The van der Waals surface area contributed by atoms with Crippen molar-refractivity contribution in [2.45, 2.75) is 0 Å². The summed E-state index contributed by atoms with van der Waals surface area (Å²) in [5, 5.41) is 17.3. The Labute approximate surface area is 383 Å². The Kier molecular flexibility index (Phi) is 10.2. The highest BCUT2D eigenvalue weighted by molar-refractivity contribution is 7.19. The highest BCUT2D eigenvalue weighted by atomic mass is 28.3. The molecule has 11 aromatic rings. The van der Waals surface area contributed by atoms with Gasteiger partial charge in [0.15, 0.2) is 31.2 Å². The molecule has 0 unspecified atom stereocenters. The van der Waals surface area contributed by atoms with Gasteiger partial charge in [-0.1, -0.05) is 200 Å². The summed E-state index contributed by atoms with van der Waals surface area (Å²) >= 11 is 0. The van der Waals surface area contributed by atoms with Gasteiger partial charge in [-0.2, -0.15) is 5.26 Å². The molecular formula is C59H38N6Si. The standard InChI is InChI=1S/C59H38N6Si/c1-61-46-32-35-52-51-33-30-41(40-60)36-54(51)65(56(52)39-46)55-38-45(31-34-53(55)59-63-57(42-18-7-2-8-19-42)62-58(64-59)43-20-9-3-10-21-43)44-22-17-29-50(37-44)66(47-23-11-4-12-24-47,48-25-13-5-14-26-48)49-27-15-6-16-28-49/h2-39H. The number of hydrogen-bond acceptors (Lipinski definition) is 4. The molecule has 0 saturated carbocycles. The highest BCUT2D eigenvalue weighted by Gasteiger charge is 2.41. The minimum absolute atomic E-state index is 0.495. The molecule has 0 aliphatic heterocycles. The van der Waals surface area contributed by atoms with Crippen molar-refractivity contribution in [1.82, 2.24) is 19.5 Å². The van der Waals surface area contributed by atoms with E-state index < -0.39 is 8.07 Å². The van der Waals surface area contributed by atoms with Gasteiger partial charge in [0.2, 0.25) is 0 Å². The van der Waals surface area contributed by atoms with Gasteiger partial charge in [-0.3, -0.25) is 0 Å². The van der Waals surface area contributed by atoms with Crippen molar-refractivity contribution in [3.8, 4) is 57.0 Å². The summed E-state index contributed by atoms with van der Waals surface area (Å²) in [7, 11) is -2.86. The number of rotatable bonds is 9. The zero-order valence-corrected chi connectivity index (χ0v) is 36.6. The quantitative estimate of drug-likeness (QED) is 0.0823. The maximum absolute atomic E-state index is 10.2. The second-order valence-electron chi connectivity index (χ2n) is 16.2. The first-order chi connectivity index (χ1) is 32.6. The molecule has 0 atom stereocenters. The molecule has 0 amide bonds. The van der Waals surface area contributed by atoms with Crippen LogP contribution in [0.3, 0.4) is 0 Å². The van der Waals surface area contributed by atoms with Crippen LogP contribution in [0.25, 0.3) is 77.6 Å². The monoisotopic (exact) mass is 858 g/mol. The van der Waals surface area contributed by atoms with E-state index in [2.05, 4.69) is 149 Å². The number of fused-ring (bicyclic) bond motifs is 3. The maximum Gasteiger partial charge on any atom is 0.189 e. The summed E-state index contributed by atoms with van der Waals surface area (Å²) in [6.45, 7) is 8.03. The van der Waals surface area contributed by atoms with Crippen LogP contribution >= 0.6 is 0 Å². The molecule has 9 aromatic carbocycles. The Hall–Kier alpha value is -9.01. The van der Waals surface area contributed by atoms with Crippen molar-refractivity contribution in [3.63, 3.8) is 0 Å². The van der Waals surface area contributed by atoms with E-state index in [1.165, 1.54) is 20.7 Å². The van der Waals surface area contributed by atoms with Gasteiger partial charge in [-0.15, -0.1) is 0 Å². The lowest BCUT2D eigenvalue weighted by atomic mass is 10.0. The first kappa shape index (κ1) is 39.8. The third-order valence-electron chi connectivity index (χ3n) is 12.4. The molecule has 2 aromatic heterocycles. The van der Waals surface area contributed by atoms with Crippen LogP contribution in [-0.4, -0.2) is 27.6 Å². The molecule has 66 heavy (non-hydrogen) atoms. The fourth-order valence-corrected chi connectivity index (χ4v) is 14.2. The van der Waals surface area contributed by atoms with Gasteiger partial charge in [0.1, 0.15) is 0 Å². The van der Waals surface area contributed by atoms with E-state index in [1.54, 1.807) is 0 Å². The van der Waals surface area contributed by atoms with E-state index in [0.717, 1.165) is 55.3 Å². The highest BCUT2D eigenvalue weighted by Crippen LogP contribution is 2.40. The predicted molar refractivity (Wildman–Crippen MR) is 271 cm³/mol. The molecule has 0 N–H and O–H groups in total. The van der Waals surface area contributed by atoms with Crippen LogP contribution in [0, 0.1) is 17.9 Å². The summed E-state index contributed by atoms with van der Waals surface area (Å²) in [5.74, 6) is 1.60. The molecule has 0 bridgehead atoms. The smallest absolute Gasteiger partial charge is 0.189 e. The third kappa shape index (κ3) is 6.94. The first-order valence-electron chi connectivity index (χ1n) is 21.8. The summed E-state index contributed by atoms with van der Waals surface area (Å²) in [5.41, 5.74) is 8.06. The Morgan fingerprint density at radius 1 is 0.424 bits per heavy atom. The van der Waals surface area contributed by atoms with Crippen LogP contribution in [0.4, 0.5) is 5.69 Å². The van der Waals surface area contributed by atoms with E-state index >= 15 is 0 Å². The average molecular weight is 859 g/mol. The largest absolute Gasteiger partial charge is 0.310 e. The summed E-state index contributed by atoms with van der Waals surface area (Å²) in [6.07, 6.45) is 0. The zero-order chi connectivity index (χ0) is 44.5. The molecule has 0 aliphatic rings. The maximum atomic E-state index is 10.2. The second-order valence-corrected chi connectivity index (χ2v) is 20.0. The lowest BCUT2D eigenvalue weighted by Crippen LogP contribution is -2.74. The van der Waals surface area contributed by atoms with Crippen LogP contribution in [0.2, 0.25) is 0 Å². The van der Waals surface area contributed by atoms with E-state index in [-0.39, 0.29) is 0 Å². The number of benzene rings is 9. The van der Waals surface area contributed by atoms with Gasteiger partial charge in [0.25, 0.3) is 0 Å². The second kappa shape index (κ2) is 16.9. The normalized spacial score (nSPS) is 11.3. The number of hydrogen-bond donors (Lipinski definition) is 0. The van der Waals surface area contributed by atoms with Crippen molar-refractivity contribution in [2.24, 2.45) is 0 Å². The molecule has 2 heterocycles. The molecule has 0 saturated heterocycles. The number of nitrogens with zero attached hydrogens (tertiary/aromatic N) is 6. The molecule has 308 valence electrons. The minimum atomic E-state index is -2.86. The Morgan fingerprint density at radius 3 is 1.44 bits per heavy atom. The van der Waals surface area contributed by atoms with Crippen LogP contribution in [-0.2, 0) is 0 Å². The van der Waals surface area contributed by atoms with Gasteiger partial charge in [-0.25, -0.2) is 19.8 Å². The molecule has 6 nitrogen and oxygen atoms in total. The van der Waals surface area contributed by atoms with E-state index in [9.17, 15) is 5.26 Å². The van der Waals surface area contributed by atoms with E-state index in [4.69, 9.17) is 21.5 Å². The topological polar surface area (TPSA) is 71.8 Å². The van der Waals surface area contributed by atoms with Gasteiger partial charge in [0, 0.05) is 33.0 Å². The predicted octanol–water partition coefficient (Wildman–Crippen LogP) is 11.4. The average Bonchev–Trinajstić information content (AvgIpc) is 3.72.